The molecule has 0 radical (unpaired) electrons. The molecular weight excluding hydrogens is 525 g/mol. The maximum atomic E-state index is 11.8. The summed E-state index contributed by atoms with van der Waals surface area (Å²) in [5.41, 5.74) is 3.11. The van der Waals surface area contributed by atoms with E-state index in [1.54, 1.807) is 7.05 Å². The first-order valence-corrected chi connectivity index (χ1v) is 10.7. The Morgan fingerprint density at radius 3 is 2.42 bits per heavy atom. The number of carbonyl (C=O) groups excluding carboxylic acids is 1. The van der Waals surface area contributed by atoms with Gasteiger partial charge in [0.1, 0.15) is 0 Å². The van der Waals surface area contributed by atoms with Crippen molar-refractivity contribution in [3.8, 4) is 0 Å². The van der Waals surface area contributed by atoms with E-state index >= 15 is 0 Å². The summed E-state index contributed by atoms with van der Waals surface area (Å²) >= 11 is 5.98. The van der Waals surface area contributed by atoms with Crippen molar-refractivity contribution >= 4 is 47.4 Å². The van der Waals surface area contributed by atoms with Gasteiger partial charge < -0.3 is 15.5 Å². The predicted molar refractivity (Wildman–Crippen MR) is 139 cm³/mol. The smallest absolute Gasteiger partial charge is 0.251 e. The number of nitrogens with zero attached hydrogens (tertiary/aromatic N) is 3. The fourth-order valence-electron chi connectivity index (χ4n) is 3.63. The van der Waals surface area contributed by atoms with Gasteiger partial charge in [0, 0.05) is 63.9 Å². The monoisotopic (exact) mass is 555 g/mol. The zero-order valence-corrected chi connectivity index (χ0v) is 21.2. The van der Waals surface area contributed by atoms with Crippen LogP contribution in [0.5, 0.6) is 0 Å². The van der Waals surface area contributed by atoms with Gasteiger partial charge in [0.25, 0.3) is 5.91 Å². The van der Waals surface area contributed by atoms with Crippen molar-refractivity contribution in [3.63, 3.8) is 0 Å². The normalized spacial score (nSPS) is 14.7. The molecule has 2 aromatic rings. The lowest BCUT2D eigenvalue weighted by Gasteiger charge is -2.36. The Bertz CT molecular complexity index is 867. The van der Waals surface area contributed by atoms with Crippen LogP contribution in [0, 0.1) is 0 Å². The van der Waals surface area contributed by atoms with Crippen LogP contribution in [-0.2, 0) is 13.0 Å². The second-order valence-electron chi connectivity index (χ2n) is 7.39. The molecule has 2 aromatic carbocycles. The fourth-order valence-corrected chi connectivity index (χ4v) is 3.76. The third-order valence-corrected chi connectivity index (χ3v) is 5.57. The maximum absolute atomic E-state index is 11.8. The predicted octanol–water partition coefficient (Wildman–Crippen LogP) is 3.25. The van der Waals surface area contributed by atoms with Crippen LogP contribution in [0.1, 0.15) is 21.5 Å². The standard InChI is InChI=1S/C23H30ClN5O.HI/c1-25-22(30)20-5-3-4-18(16-20)10-11-27-23(26-2)29-14-12-28(13-15-29)17-19-6-8-21(24)9-7-19;/h3-9,16H,10-15,17H2,1-2H3,(H,25,30)(H,26,27);1H. The lowest BCUT2D eigenvalue weighted by Crippen LogP contribution is -2.52. The number of hydrogen-bond donors (Lipinski definition) is 2. The summed E-state index contributed by atoms with van der Waals surface area (Å²) in [5.74, 6) is 0.876. The van der Waals surface area contributed by atoms with E-state index in [0.717, 1.165) is 62.2 Å². The fraction of sp³-hybridized carbons (Fsp3) is 0.391. The number of rotatable bonds is 6. The summed E-state index contributed by atoms with van der Waals surface area (Å²) in [6.07, 6.45) is 0.834. The first-order chi connectivity index (χ1) is 14.6. The summed E-state index contributed by atoms with van der Waals surface area (Å²) in [7, 11) is 3.48. The Hall–Kier alpha value is -1.84. The highest BCUT2D eigenvalue weighted by atomic mass is 127. The molecule has 168 valence electrons. The van der Waals surface area contributed by atoms with E-state index in [4.69, 9.17) is 11.6 Å². The van der Waals surface area contributed by atoms with E-state index in [1.165, 1.54) is 5.56 Å². The zero-order chi connectivity index (χ0) is 21.3. The lowest BCUT2D eigenvalue weighted by molar-refractivity contribution is 0.0963. The molecule has 1 aliphatic rings. The van der Waals surface area contributed by atoms with Gasteiger partial charge in [-0.25, -0.2) is 0 Å². The number of hydrogen-bond acceptors (Lipinski definition) is 3. The van der Waals surface area contributed by atoms with Crippen LogP contribution in [-0.4, -0.2) is 68.5 Å². The molecule has 6 nitrogen and oxygen atoms in total. The van der Waals surface area contributed by atoms with Crippen LogP contribution in [0.4, 0.5) is 0 Å². The number of guanidine groups is 1. The Kier molecular flexibility index (Phi) is 10.6. The van der Waals surface area contributed by atoms with Gasteiger partial charge in [-0.3, -0.25) is 14.7 Å². The average molecular weight is 556 g/mol. The second-order valence-corrected chi connectivity index (χ2v) is 7.83. The van der Waals surface area contributed by atoms with Crippen LogP contribution in [0.3, 0.4) is 0 Å². The molecule has 0 bridgehead atoms. The molecule has 0 spiro atoms. The summed E-state index contributed by atoms with van der Waals surface area (Å²) in [6, 6.07) is 15.8. The molecule has 8 heteroatoms. The number of carbonyl (C=O) groups is 1. The molecule has 1 fully saturated rings. The highest BCUT2D eigenvalue weighted by Gasteiger charge is 2.19. The molecule has 0 atom stereocenters. The zero-order valence-electron chi connectivity index (χ0n) is 18.1. The van der Waals surface area contributed by atoms with Crippen LogP contribution >= 0.6 is 35.6 Å². The molecular formula is C23H31ClIN5O. The van der Waals surface area contributed by atoms with Crippen molar-refractivity contribution in [3.05, 3.63) is 70.2 Å². The summed E-state index contributed by atoms with van der Waals surface area (Å²) in [5, 5.41) is 6.91. The second kappa shape index (κ2) is 12.9. The van der Waals surface area contributed by atoms with Crippen LogP contribution < -0.4 is 10.6 Å². The van der Waals surface area contributed by atoms with Crippen molar-refractivity contribution < 1.29 is 4.79 Å². The number of piperazine rings is 1. The van der Waals surface area contributed by atoms with Gasteiger partial charge >= 0.3 is 0 Å². The molecule has 31 heavy (non-hydrogen) atoms. The minimum atomic E-state index is -0.0582. The van der Waals surface area contributed by atoms with Crippen molar-refractivity contribution in [1.82, 2.24) is 20.4 Å². The molecule has 0 aromatic heterocycles. The first kappa shape index (κ1) is 25.4. The molecule has 2 N–H and O–H groups in total. The SMILES string of the molecule is CN=C(NCCc1cccc(C(=O)NC)c1)N1CCN(Cc2ccc(Cl)cc2)CC1.I. The van der Waals surface area contributed by atoms with E-state index in [0.29, 0.717) is 5.56 Å². The number of aliphatic imine (C=N–C) groups is 1. The average Bonchev–Trinajstić information content (AvgIpc) is 2.78. The van der Waals surface area contributed by atoms with Crippen molar-refractivity contribution in [2.75, 3.05) is 46.8 Å². The van der Waals surface area contributed by atoms with Gasteiger partial charge in [-0.15, -0.1) is 24.0 Å². The third kappa shape index (κ3) is 7.66. The minimum absolute atomic E-state index is 0. The number of halogens is 2. The van der Waals surface area contributed by atoms with Crippen LogP contribution in [0.2, 0.25) is 5.02 Å². The number of amides is 1. The Morgan fingerprint density at radius 1 is 1.06 bits per heavy atom. The van der Waals surface area contributed by atoms with Gasteiger partial charge in [0.05, 0.1) is 0 Å². The molecule has 1 heterocycles. The largest absolute Gasteiger partial charge is 0.356 e. The molecule has 3 rings (SSSR count). The summed E-state index contributed by atoms with van der Waals surface area (Å²) in [4.78, 5) is 21.0. The molecule has 1 aliphatic heterocycles. The molecule has 0 aliphatic carbocycles. The summed E-state index contributed by atoms with van der Waals surface area (Å²) in [6.45, 7) is 5.60. The van der Waals surface area contributed by atoms with Crippen LogP contribution in [0.15, 0.2) is 53.5 Å². The van der Waals surface area contributed by atoms with Gasteiger partial charge in [-0.05, 0) is 41.8 Å². The molecule has 1 saturated heterocycles. The Labute approximate surface area is 207 Å². The highest BCUT2D eigenvalue weighted by molar-refractivity contribution is 14.0. The van der Waals surface area contributed by atoms with Gasteiger partial charge in [-0.2, -0.15) is 0 Å². The van der Waals surface area contributed by atoms with Gasteiger partial charge in [0.15, 0.2) is 5.96 Å². The van der Waals surface area contributed by atoms with E-state index in [2.05, 4.69) is 37.6 Å². The van der Waals surface area contributed by atoms with E-state index in [9.17, 15) is 4.79 Å². The molecule has 0 saturated carbocycles. The van der Waals surface area contributed by atoms with Gasteiger partial charge in [0.2, 0.25) is 0 Å². The van der Waals surface area contributed by atoms with E-state index in [1.807, 2.05) is 43.4 Å². The molecule has 0 unspecified atom stereocenters. The summed E-state index contributed by atoms with van der Waals surface area (Å²) < 4.78 is 0. The first-order valence-electron chi connectivity index (χ1n) is 10.3. The highest BCUT2D eigenvalue weighted by Crippen LogP contribution is 2.13. The number of benzene rings is 2. The van der Waals surface area contributed by atoms with E-state index < -0.39 is 0 Å². The van der Waals surface area contributed by atoms with Crippen molar-refractivity contribution in [2.45, 2.75) is 13.0 Å². The minimum Gasteiger partial charge on any atom is -0.356 e. The Morgan fingerprint density at radius 2 is 1.77 bits per heavy atom. The Balaban J connectivity index is 0.00000341. The quantitative estimate of drug-likeness (QED) is 0.326. The van der Waals surface area contributed by atoms with Gasteiger partial charge in [-0.1, -0.05) is 35.9 Å². The third-order valence-electron chi connectivity index (χ3n) is 5.32. The number of nitrogens with one attached hydrogen (secondary N) is 2. The molecule has 1 amide bonds. The maximum Gasteiger partial charge on any atom is 0.251 e. The van der Waals surface area contributed by atoms with Crippen molar-refractivity contribution in [2.24, 2.45) is 4.99 Å². The van der Waals surface area contributed by atoms with E-state index in [-0.39, 0.29) is 29.9 Å². The van der Waals surface area contributed by atoms with Crippen LogP contribution in [0.25, 0.3) is 0 Å². The van der Waals surface area contributed by atoms with Crippen molar-refractivity contribution in [1.29, 1.82) is 0 Å². The lowest BCUT2D eigenvalue weighted by atomic mass is 10.1. The topological polar surface area (TPSA) is 60.0 Å².